The third kappa shape index (κ3) is 4.83. The summed E-state index contributed by atoms with van der Waals surface area (Å²) in [5, 5.41) is 0.132. The van der Waals surface area contributed by atoms with Crippen LogP contribution in [0.3, 0.4) is 0 Å². The Bertz CT molecular complexity index is 827. The van der Waals surface area contributed by atoms with Gasteiger partial charge in [-0.25, -0.2) is 4.98 Å². The summed E-state index contributed by atoms with van der Waals surface area (Å²) in [6, 6.07) is 0. The second-order valence-electron chi connectivity index (χ2n) is 5.51. The number of anilines is 1. The van der Waals surface area contributed by atoms with Crippen molar-refractivity contribution in [2.24, 2.45) is 0 Å². The zero-order valence-electron chi connectivity index (χ0n) is 15.5. The SMILES string of the molecule is CC.CC(=O)OC[C@H]1OC(n2cnc3c(Cl)nc(N)nc32)C[C@@H]1OC(C)=O. The number of carbonyl (C=O) groups excluding carboxylic acids is 2. The number of hydrogen-bond acceptors (Lipinski definition) is 9. The predicted molar refractivity (Wildman–Crippen MR) is 96.8 cm³/mol. The van der Waals surface area contributed by atoms with Gasteiger partial charge in [-0.15, -0.1) is 0 Å². The van der Waals surface area contributed by atoms with Crippen molar-refractivity contribution in [1.82, 2.24) is 19.5 Å². The van der Waals surface area contributed by atoms with Gasteiger partial charge in [-0.3, -0.25) is 14.2 Å². The second-order valence-corrected chi connectivity index (χ2v) is 5.87. The standard InChI is InChI=1S/C14H16ClN5O5.C2H6/c1-6(21)23-4-9-8(24-7(2)22)3-10(25-9)20-5-17-11-12(15)18-14(16)19-13(11)20;1-2/h5,8-10H,3-4H2,1-2H3,(H2,16,18,19);1-2H3/t8-,9+,10?;/m0./s1. The Labute approximate surface area is 161 Å². The van der Waals surface area contributed by atoms with Crippen LogP contribution in [0.2, 0.25) is 5.15 Å². The number of nitrogens with two attached hydrogens (primary N) is 1. The summed E-state index contributed by atoms with van der Waals surface area (Å²) in [5.41, 5.74) is 6.42. The summed E-state index contributed by atoms with van der Waals surface area (Å²) in [6.45, 7) is 6.56. The second kappa shape index (κ2) is 8.96. The molecule has 0 amide bonds. The minimum Gasteiger partial charge on any atom is -0.463 e. The molecule has 0 spiro atoms. The molecule has 3 atom stereocenters. The smallest absolute Gasteiger partial charge is 0.303 e. The number of nitrogens with zero attached hydrogens (tertiary/aromatic N) is 4. The van der Waals surface area contributed by atoms with E-state index in [4.69, 9.17) is 31.5 Å². The van der Waals surface area contributed by atoms with Crippen LogP contribution < -0.4 is 5.73 Å². The topological polar surface area (TPSA) is 131 Å². The molecule has 0 aromatic carbocycles. The van der Waals surface area contributed by atoms with Gasteiger partial charge in [0.05, 0.1) is 6.33 Å². The normalized spacial score (nSPS) is 21.4. The van der Waals surface area contributed by atoms with Crippen LogP contribution in [-0.2, 0) is 23.8 Å². The van der Waals surface area contributed by atoms with Crippen molar-refractivity contribution >= 4 is 40.7 Å². The van der Waals surface area contributed by atoms with Gasteiger partial charge in [0.15, 0.2) is 10.8 Å². The molecule has 0 saturated carbocycles. The number of fused-ring (bicyclic) bond motifs is 1. The molecule has 0 radical (unpaired) electrons. The molecule has 0 bridgehead atoms. The van der Waals surface area contributed by atoms with E-state index in [-0.39, 0.29) is 17.7 Å². The van der Waals surface area contributed by atoms with Gasteiger partial charge >= 0.3 is 11.9 Å². The summed E-state index contributed by atoms with van der Waals surface area (Å²) < 4.78 is 17.8. The van der Waals surface area contributed by atoms with Gasteiger partial charge in [0.1, 0.15) is 30.6 Å². The van der Waals surface area contributed by atoms with Gasteiger partial charge in [-0.2, -0.15) is 9.97 Å². The lowest BCUT2D eigenvalue weighted by Gasteiger charge is -2.17. The van der Waals surface area contributed by atoms with Crippen LogP contribution in [0, 0.1) is 0 Å². The Balaban J connectivity index is 0.00000126. The van der Waals surface area contributed by atoms with Crippen LogP contribution in [0.5, 0.6) is 0 Å². The summed E-state index contributed by atoms with van der Waals surface area (Å²) in [6.07, 6.45) is 0.103. The van der Waals surface area contributed by atoms with E-state index in [1.165, 1.54) is 20.2 Å². The maximum atomic E-state index is 11.3. The molecular weight excluding hydrogens is 378 g/mol. The van der Waals surface area contributed by atoms with Crippen LogP contribution in [0.1, 0.15) is 40.3 Å². The van der Waals surface area contributed by atoms with E-state index < -0.39 is 30.4 Å². The molecular formula is C16H22ClN5O5. The molecule has 0 aliphatic carbocycles. The first kappa shape index (κ1) is 20.8. The number of halogens is 1. The summed E-state index contributed by atoms with van der Waals surface area (Å²) in [4.78, 5) is 34.5. The number of aromatic nitrogens is 4. The monoisotopic (exact) mass is 399 g/mol. The van der Waals surface area contributed by atoms with Crippen molar-refractivity contribution in [3.63, 3.8) is 0 Å². The number of imidazole rings is 1. The molecule has 1 unspecified atom stereocenters. The highest BCUT2D eigenvalue weighted by molar-refractivity contribution is 6.33. The molecule has 1 fully saturated rings. The van der Waals surface area contributed by atoms with Crippen molar-refractivity contribution in [1.29, 1.82) is 0 Å². The van der Waals surface area contributed by atoms with E-state index >= 15 is 0 Å². The quantitative estimate of drug-likeness (QED) is 0.604. The van der Waals surface area contributed by atoms with Gasteiger partial charge in [0, 0.05) is 20.3 Å². The zero-order chi connectivity index (χ0) is 20.1. The maximum absolute atomic E-state index is 11.3. The van der Waals surface area contributed by atoms with Gasteiger partial charge < -0.3 is 19.9 Å². The average Bonchev–Trinajstić information content (AvgIpc) is 3.18. The molecule has 10 nitrogen and oxygen atoms in total. The van der Waals surface area contributed by atoms with E-state index in [1.54, 1.807) is 4.57 Å². The number of rotatable bonds is 4. The molecule has 3 heterocycles. The van der Waals surface area contributed by atoms with Crippen molar-refractivity contribution in [3.8, 4) is 0 Å². The average molecular weight is 400 g/mol. The fourth-order valence-electron chi connectivity index (χ4n) is 2.67. The van der Waals surface area contributed by atoms with Gasteiger partial charge in [0.2, 0.25) is 5.95 Å². The maximum Gasteiger partial charge on any atom is 0.303 e. The Kier molecular flexibility index (Phi) is 6.92. The molecule has 2 aromatic heterocycles. The molecule has 148 valence electrons. The first-order chi connectivity index (χ1) is 12.8. The number of hydrogen-bond donors (Lipinski definition) is 1. The highest BCUT2D eigenvalue weighted by Gasteiger charge is 2.40. The molecule has 1 aliphatic rings. The van der Waals surface area contributed by atoms with Crippen LogP contribution in [0.15, 0.2) is 6.33 Å². The number of ether oxygens (including phenoxy) is 3. The number of carbonyl (C=O) groups is 2. The highest BCUT2D eigenvalue weighted by atomic mass is 35.5. The van der Waals surface area contributed by atoms with Crippen LogP contribution >= 0.6 is 11.6 Å². The van der Waals surface area contributed by atoms with Crippen LogP contribution in [0.4, 0.5) is 5.95 Å². The van der Waals surface area contributed by atoms with Crippen molar-refractivity contribution in [3.05, 3.63) is 11.5 Å². The van der Waals surface area contributed by atoms with E-state index in [1.807, 2.05) is 13.8 Å². The predicted octanol–water partition coefficient (Wildman–Crippen LogP) is 1.87. The Morgan fingerprint density at radius 1 is 1.33 bits per heavy atom. The van der Waals surface area contributed by atoms with Crippen LogP contribution in [0.25, 0.3) is 11.2 Å². The first-order valence-electron chi connectivity index (χ1n) is 8.46. The Morgan fingerprint density at radius 2 is 2.04 bits per heavy atom. The lowest BCUT2D eigenvalue weighted by molar-refractivity contribution is -0.155. The summed E-state index contributed by atoms with van der Waals surface area (Å²) in [5.74, 6) is -0.897. The molecule has 2 N–H and O–H groups in total. The molecule has 3 rings (SSSR count). The number of esters is 2. The third-order valence-corrected chi connectivity index (χ3v) is 3.92. The van der Waals surface area contributed by atoms with E-state index in [2.05, 4.69) is 15.0 Å². The molecule has 27 heavy (non-hydrogen) atoms. The van der Waals surface area contributed by atoms with Gasteiger partial charge in [-0.1, -0.05) is 25.4 Å². The van der Waals surface area contributed by atoms with Crippen molar-refractivity contribution in [2.75, 3.05) is 12.3 Å². The lowest BCUT2D eigenvalue weighted by atomic mass is 10.2. The minimum absolute atomic E-state index is 0.00486. The Hall–Kier alpha value is -2.46. The van der Waals surface area contributed by atoms with Crippen molar-refractivity contribution < 1.29 is 23.8 Å². The largest absolute Gasteiger partial charge is 0.463 e. The fraction of sp³-hybridized carbons (Fsp3) is 0.562. The van der Waals surface area contributed by atoms with E-state index in [0.717, 1.165) is 0 Å². The number of nitrogen functional groups attached to an aromatic ring is 1. The minimum atomic E-state index is -0.607. The first-order valence-corrected chi connectivity index (χ1v) is 8.84. The van der Waals surface area contributed by atoms with Crippen LogP contribution in [-0.4, -0.2) is 50.3 Å². The lowest BCUT2D eigenvalue weighted by Crippen LogP contribution is -2.31. The Morgan fingerprint density at radius 3 is 2.67 bits per heavy atom. The fourth-order valence-corrected chi connectivity index (χ4v) is 2.89. The molecule has 1 saturated heterocycles. The summed E-state index contributed by atoms with van der Waals surface area (Å²) in [7, 11) is 0. The van der Waals surface area contributed by atoms with E-state index in [9.17, 15) is 9.59 Å². The molecule has 2 aromatic rings. The molecule has 11 heteroatoms. The molecule has 1 aliphatic heterocycles. The zero-order valence-corrected chi connectivity index (χ0v) is 16.3. The summed E-state index contributed by atoms with van der Waals surface area (Å²) >= 11 is 6.02. The van der Waals surface area contributed by atoms with Gasteiger partial charge in [0.25, 0.3) is 0 Å². The third-order valence-electron chi connectivity index (χ3n) is 3.66. The van der Waals surface area contributed by atoms with E-state index in [0.29, 0.717) is 17.6 Å². The highest BCUT2D eigenvalue weighted by Crippen LogP contribution is 2.33. The van der Waals surface area contributed by atoms with Gasteiger partial charge in [-0.05, 0) is 0 Å². The van der Waals surface area contributed by atoms with Crippen molar-refractivity contribution in [2.45, 2.75) is 52.6 Å².